The number of hydrogen-bond donors (Lipinski definition) is 1. The van der Waals surface area contributed by atoms with Crippen LogP contribution in [0.1, 0.15) is 59.3 Å². The van der Waals surface area contributed by atoms with E-state index in [2.05, 4.69) is 20.8 Å². The number of aliphatic carboxylic acids is 1. The van der Waals surface area contributed by atoms with Crippen molar-refractivity contribution in [2.45, 2.75) is 59.3 Å². The van der Waals surface area contributed by atoms with Crippen LogP contribution >= 0.6 is 0 Å². The molecule has 0 aliphatic heterocycles. The van der Waals surface area contributed by atoms with Crippen LogP contribution in [0.3, 0.4) is 0 Å². The Kier molecular flexibility index (Phi) is 5.30. The van der Waals surface area contributed by atoms with Crippen molar-refractivity contribution in [2.24, 2.45) is 23.7 Å². The van der Waals surface area contributed by atoms with E-state index in [1.165, 1.54) is 32.1 Å². The van der Waals surface area contributed by atoms with Gasteiger partial charge in [0.15, 0.2) is 0 Å². The number of carboxylic acids is 1. The molecule has 1 aliphatic carbocycles. The minimum absolute atomic E-state index is 0.112. The molecule has 1 N–H and O–H groups in total. The van der Waals surface area contributed by atoms with E-state index in [0.717, 1.165) is 6.42 Å². The first-order chi connectivity index (χ1) is 7.56. The molecule has 1 aliphatic rings. The zero-order chi connectivity index (χ0) is 12.1. The molecule has 3 unspecified atom stereocenters. The lowest BCUT2D eigenvalue weighted by atomic mass is 9.79. The number of rotatable bonds is 8. The summed E-state index contributed by atoms with van der Waals surface area (Å²) in [6.45, 7) is 6.53. The highest BCUT2D eigenvalue weighted by Crippen LogP contribution is 2.39. The van der Waals surface area contributed by atoms with Gasteiger partial charge in [0, 0.05) is 0 Å². The summed E-state index contributed by atoms with van der Waals surface area (Å²) in [5.41, 5.74) is 0. The summed E-state index contributed by atoms with van der Waals surface area (Å²) in [6, 6.07) is 0. The van der Waals surface area contributed by atoms with Crippen molar-refractivity contribution in [3.05, 3.63) is 0 Å². The molecular weight excluding hydrogens is 200 g/mol. The van der Waals surface area contributed by atoms with Crippen LogP contribution in [0.4, 0.5) is 0 Å². The van der Waals surface area contributed by atoms with Gasteiger partial charge in [-0.2, -0.15) is 0 Å². The van der Waals surface area contributed by atoms with Crippen LogP contribution in [0.2, 0.25) is 0 Å². The first-order valence-corrected chi connectivity index (χ1v) is 6.79. The Hall–Kier alpha value is -0.530. The molecule has 16 heavy (non-hydrogen) atoms. The second-order valence-electron chi connectivity index (χ2n) is 5.60. The molecule has 2 nitrogen and oxygen atoms in total. The summed E-state index contributed by atoms with van der Waals surface area (Å²) in [7, 11) is 0. The summed E-state index contributed by atoms with van der Waals surface area (Å²) in [5.74, 6) is 0.883. The van der Waals surface area contributed by atoms with Crippen LogP contribution in [-0.2, 0) is 4.79 Å². The highest BCUT2D eigenvalue weighted by molar-refractivity contribution is 5.70. The quantitative estimate of drug-likeness (QED) is 0.680. The molecule has 0 amide bonds. The average molecular weight is 226 g/mol. The second kappa shape index (κ2) is 6.27. The summed E-state index contributed by atoms with van der Waals surface area (Å²) >= 11 is 0. The molecule has 94 valence electrons. The van der Waals surface area contributed by atoms with Crippen LogP contribution in [-0.4, -0.2) is 11.1 Å². The molecule has 0 bridgehead atoms. The molecule has 0 radical (unpaired) electrons. The summed E-state index contributed by atoms with van der Waals surface area (Å²) in [5, 5.41) is 9.29. The third-order valence-electron chi connectivity index (χ3n) is 4.15. The van der Waals surface area contributed by atoms with Gasteiger partial charge in [-0.25, -0.2) is 0 Å². The van der Waals surface area contributed by atoms with E-state index in [1.807, 2.05) is 0 Å². The maximum absolute atomic E-state index is 11.3. The Balaban J connectivity index is 2.44. The Bertz CT molecular complexity index is 221. The lowest BCUT2D eigenvalue weighted by Crippen LogP contribution is -2.27. The molecule has 0 aromatic rings. The van der Waals surface area contributed by atoms with Gasteiger partial charge in [-0.15, -0.1) is 0 Å². The average Bonchev–Trinajstić information content (AvgIpc) is 3.04. The number of hydrogen-bond acceptors (Lipinski definition) is 1. The first kappa shape index (κ1) is 13.5. The lowest BCUT2D eigenvalue weighted by molar-refractivity contribution is -0.144. The van der Waals surface area contributed by atoms with E-state index >= 15 is 0 Å². The minimum Gasteiger partial charge on any atom is -0.481 e. The van der Waals surface area contributed by atoms with E-state index in [4.69, 9.17) is 0 Å². The van der Waals surface area contributed by atoms with Gasteiger partial charge in [0.2, 0.25) is 0 Å². The first-order valence-electron chi connectivity index (χ1n) is 6.79. The van der Waals surface area contributed by atoms with Crippen LogP contribution in [0.5, 0.6) is 0 Å². The molecular formula is C14H26O2. The molecule has 2 heteroatoms. The van der Waals surface area contributed by atoms with Gasteiger partial charge in [0.05, 0.1) is 5.92 Å². The lowest BCUT2D eigenvalue weighted by Gasteiger charge is -2.26. The second-order valence-corrected chi connectivity index (χ2v) is 5.60. The SMILES string of the molecule is CCCCC(C)C(C)C(CC1CC1)C(=O)O. The molecule has 0 saturated heterocycles. The molecule has 0 aromatic carbocycles. The maximum atomic E-state index is 11.3. The normalized spacial score (nSPS) is 21.4. The van der Waals surface area contributed by atoms with E-state index in [-0.39, 0.29) is 5.92 Å². The van der Waals surface area contributed by atoms with Crippen LogP contribution < -0.4 is 0 Å². The smallest absolute Gasteiger partial charge is 0.306 e. The highest BCUT2D eigenvalue weighted by atomic mass is 16.4. The van der Waals surface area contributed by atoms with Gasteiger partial charge < -0.3 is 5.11 Å². The Labute approximate surface area is 99.4 Å². The van der Waals surface area contributed by atoms with Gasteiger partial charge in [0.25, 0.3) is 0 Å². The minimum atomic E-state index is -0.581. The van der Waals surface area contributed by atoms with Gasteiger partial charge in [-0.3, -0.25) is 4.79 Å². The zero-order valence-electron chi connectivity index (χ0n) is 10.9. The molecule has 1 fully saturated rings. The number of unbranched alkanes of at least 4 members (excludes halogenated alkanes) is 1. The zero-order valence-corrected chi connectivity index (χ0v) is 10.9. The predicted molar refractivity (Wildman–Crippen MR) is 66.3 cm³/mol. The van der Waals surface area contributed by atoms with E-state index < -0.39 is 5.97 Å². The molecule has 0 heterocycles. The predicted octanol–water partition coefficient (Wildman–Crippen LogP) is 3.95. The van der Waals surface area contributed by atoms with Crippen molar-refractivity contribution >= 4 is 5.97 Å². The van der Waals surface area contributed by atoms with Crippen molar-refractivity contribution < 1.29 is 9.90 Å². The van der Waals surface area contributed by atoms with Crippen LogP contribution in [0.25, 0.3) is 0 Å². The van der Waals surface area contributed by atoms with Crippen LogP contribution in [0, 0.1) is 23.7 Å². The Morgan fingerprint density at radius 2 is 2.00 bits per heavy atom. The molecule has 0 spiro atoms. The van der Waals surface area contributed by atoms with Crippen molar-refractivity contribution in [2.75, 3.05) is 0 Å². The highest BCUT2D eigenvalue weighted by Gasteiger charge is 2.34. The summed E-state index contributed by atoms with van der Waals surface area (Å²) in [6.07, 6.45) is 7.01. The van der Waals surface area contributed by atoms with Gasteiger partial charge in [0.1, 0.15) is 0 Å². The number of carbonyl (C=O) groups is 1. The molecule has 3 atom stereocenters. The van der Waals surface area contributed by atoms with Gasteiger partial charge >= 0.3 is 5.97 Å². The van der Waals surface area contributed by atoms with Crippen molar-refractivity contribution in [1.29, 1.82) is 0 Å². The maximum Gasteiger partial charge on any atom is 0.306 e. The fourth-order valence-electron chi connectivity index (χ4n) is 2.44. The van der Waals surface area contributed by atoms with Crippen molar-refractivity contribution in [3.8, 4) is 0 Å². The molecule has 0 aromatic heterocycles. The van der Waals surface area contributed by atoms with E-state index in [1.54, 1.807) is 0 Å². The fraction of sp³-hybridized carbons (Fsp3) is 0.929. The Morgan fingerprint density at radius 1 is 1.38 bits per heavy atom. The standard InChI is InChI=1S/C14H26O2/c1-4-5-6-10(2)11(3)13(14(15)16)9-12-7-8-12/h10-13H,4-9H2,1-3H3,(H,15,16). The summed E-state index contributed by atoms with van der Waals surface area (Å²) in [4.78, 5) is 11.3. The molecule has 1 rings (SSSR count). The Morgan fingerprint density at radius 3 is 2.44 bits per heavy atom. The number of carboxylic acid groups (broad SMARTS) is 1. The third kappa shape index (κ3) is 4.15. The summed E-state index contributed by atoms with van der Waals surface area (Å²) < 4.78 is 0. The van der Waals surface area contributed by atoms with Gasteiger partial charge in [-0.05, 0) is 24.2 Å². The largest absolute Gasteiger partial charge is 0.481 e. The van der Waals surface area contributed by atoms with Crippen molar-refractivity contribution in [1.82, 2.24) is 0 Å². The van der Waals surface area contributed by atoms with Gasteiger partial charge in [-0.1, -0.05) is 52.9 Å². The fourth-order valence-corrected chi connectivity index (χ4v) is 2.44. The van der Waals surface area contributed by atoms with Crippen LogP contribution in [0.15, 0.2) is 0 Å². The van der Waals surface area contributed by atoms with E-state index in [9.17, 15) is 9.90 Å². The van der Waals surface area contributed by atoms with Crippen molar-refractivity contribution in [3.63, 3.8) is 0 Å². The monoisotopic (exact) mass is 226 g/mol. The van der Waals surface area contributed by atoms with E-state index in [0.29, 0.717) is 17.8 Å². The topological polar surface area (TPSA) is 37.3 Å². The third-order valence-corrected chi connectivity index (χ3v) is 4.15. The molecule has 1 saturated carbocycles.